The number of hydrogen-bond donors (Lipinski definition) is 2. The maximum Gasteiger partial charge on any atom is 0.307 e. The maximum atomic E-state index is 10.7. The van der Waals surface area contributed by atoms with Gasteiger partial charge in [-0.2, -0.15) is 0 Å². The zero-order valence-corrected chi connectivity index (χ0v) is 8.97. The number of hydrogen-bond acceptors (Lipinski definition) is 2. The van der Waals surface area contributed by atoms with Crippen LogP contribution in [0.1, 0.15) is 5.56 Å². The molecule has 0 radical (unpaired) electrons. The Bertz CT molecular complexity index is 716. The Morgan fingerprint density at radius 3 is 2.88 bits per heavy atom. The summed E-state index contributed by atoms with van der Waals surface area (Å²) in [5, 5.41) is 10.8. The van der Waals surface area contributed by atoms with Crippen LogP contribution >= 0.6 is 0 Å². The third-order valence-corrected chi connectivity index (χ3v) is 2.82. The summed E-state index contributed by atoms with van der Waals surface area (Å²) in [6.07, 6.45) is 3.57. The Labute approximate surface area is 96.9 Å². The Kier molecular flexibility index (Phi) is 2.08. The normalized spacial score (nSPS) is 11.1. The lowest BCUT2D eigenvalue weighted by atomic mass is 10.1. The number of nitrogens with zero attached hydrogens (tertiary/aromatic N) is 1. The van der Waals surface area contributed by atoms with Gasteiger partial charge in [-0.3, -0.25) is 9.78 Å². The summed E-state index contributed by atoms with van der Waals surface area (Å²) in [7, 11) is 0. The van der Waals surface area contributed by atoms with Crippen LogP contribution in [-0.4, -0.2) is 21.0 Å². The molecule has 0 unspecified atom stereocenters. The largest absolute Gasteiger partial charge is 0.481 e. The molecule has 2 heterocycles. The predicted molar refractivity (Wildman–Crippen MR) is 64.9 cm³/mol. The SMILES string of the molecule is O=C(O)Cc1ccc2[nH]c3ccncc3c2c1. The third-order valence-electron chi connectivity index (χ3n) is 2.82. The van der Waals surface area contributed by atoms with Crippen molar-refractivity contribution >= 4 is 27.8 Å². The van der Waals surface area contributed by atoms with Crippen LogP contribution in [-0.2, 0) is 11.2 Å². The molecule has 0 bridgehead atoms. The molecule has 17 heavy (non-hydrogen) atoms. The minimum Gasteiger partial charge on any atom is -0.481 e. The number of carbonyl (C=O) groups is 1. The van der Waals surface area contributed by atoms with E-state index in [9.17, 15) is 4.79 Å². The van der Waals surface area contributed by atoms with Crippen molar-refractivity contribution in [3.8, 4) is 0 Å². The fourth-order valence-corrected chi connectivity index (χ4v) is 2.07. The smallest absolute Gasteiger partial charge is 0.307 e. The van der Waals surface area contributed by atoms with Crippen LogP contribution < -0.4 is 0 Å². The molecule has 0 aliphatic heterocycles. The highest BCUT2D eigenvalue weighted by Gasteiger charge is 2.06. The average Bonchev–Trinajstić information content (AvgIpc) is 2.66. The van der Waals surface area contributed by atoms with Crippen molar-refractivity contribution in [2.45, 2.75) is 6.42 Å². The molecule has 1 aromatic carbocycles. The van der Waals surface area contributed by atoms with Gasteiger partial charge in [0.25, 0.3) is 0 Å². The molecule has 0 amide bonds. The van der Waals surface area contributed by atoms with E-state index in [0.29, 0.717) is 0 Å². The summed E-state index contributed by atoms with van der Waals surface area (Å²) in [5.74, 6) is -0.817. The van der Waals surface area contributed by atoms with E-state index in [1.165, 1.54) is 0 Å². The van der Waals surface area contributed by atoms with Crippen LogP contribution in [0.15, 0.2) is 36.7 Å². The number of fused-ring (bicyclic) bond motifs is 3. The minimum absolute atomic E-state index is 0.0445. The van der Waals surface area contributed by atoms with E-state index in [1.807, 2.05) is 24.3 Å². The summed E-state index contributed by atoms with van der Waals surface area (Å²) in [6.45, 7) is 0. The van der Waals surface area contributed by atoms with E-state index < -0.39 is 5.97 Å². The van der Waals surface area contributed by atoms with Crippen LogP contribution in [0.4, 0.5) is 0 Å². The second kappa shape index (κ2) is 3.59. The van der Waals surface area contributed by atoms with Crippen LogP contribution in [0, 0.1) is 0 Å². The lowest BCUT2D eigenvalue weighted by Crippen LogP contribution is -1.99. The van der Waals surface area contributed by atoms with Gasteiger partial charge in [0.2, 0.25) is 0 Å². The zero-order chi connectivity index (χ0) is 11.8. The Morgan fingerprint density at radius 1 is 1.24 bits per heavy atom. The van der Waals surface area contributed by atoms with E-state index in [4.69, 9.17) is 5.11 Å². The number of carboxylic acid groups (broad SMARTS) is 1. The molecule has 2 aromatic heterocycles. The molecule has 0 saturated carbocycles. The summed E-state index contributed by atoms with van der Waals surface area (Å²) >= 11 is 0. The van der Waals surface area contributed by atoms with E-state index in [-0.39, 0.29) is 6.42 Å². The average molecular weight is 226 g/mol. The molecule has 84 valence electrons. The van der Waals surface area contributed by atoms with Crippen molar-refractivity contribution < 1.29 is 9.90 Å². The van der Waals surface area contributed by atoms with Crippen LogP contribution in [0.25, 0.3) is 21.8 Å². The number of aliphatic carboxylic acids is 1. The molecule has 0 fully saturated rings. The van der Waals surface area contributed by atoms with Gasteiger partial charge in [0, 0.05) is 34.2 Å². The Balaban J connectivity index is 2.26. The molecule has 0 aliphatic rings. The quantitative estimate of drug-likeness (QED) is 0.704. The number of carboxylic acids is 1. The van der Waals surface area contributed by atoms with E-state index in [0.717, 1.165) is 27.4 Å². The third kappa shape index (κ3) is 1.63. The fraction of sp³-hybridized carbons (Fsp3) is 0.0769. The Morgan fingerprint density at radius 2 is 2.06 bits per heavy atom. The number of nitrogens with one attached hydrogen (secondary N) is 1. The second-order valence-electron chi connectivity index (χ2n) is 4.00. The van der Waals surface area contributed by atoms with Gasteiger partial charge < -0.3 is 10.1 Å². The molecule has 2 N–H and O–H groups in total. The standard InChI is InChI=1S/C13H10N2O2/c16-13(17)6-8-1-2-11-9(5-8)10-7-14-4-3-12(10)15-11/h1-5,7,15H,6H2,(H,16,17). The molecule has 4 nitrogen and oxygen atoms in total. The highest BCUT2D eigenvalue weighted by atomic mass is 16.4. The van der Waals surface area contributed by atoms with Gasteiger partial charge in [-0.15, -0.1) is 0 Å². The van der Waals surface area contributed by atoms with Gasteiger partial charge in [0.1, 0.15) is 0 Å². The first-order chi connectivity index (χ1) is 8.24. The summed E-state index contributed by atoms with van der Waals surface area (Å²) in [5.41, 5.74) is 2.82. The Hall–Kier alpha value is -2.36. The van der Waals surface area contributed by atoms with Gasteiger partial charge in [0.05, 0.1) is 6.42 Å². The van der Waals surface area contributed by atoms with Gasteiger partial charge in [-0.25, -0.2) is 0 Å². The van der Waals surface area contributed by atoms with Crippen molar-refractivity contribution in [3.63, 3.8) is 0 Å². The molecular formula is C13H10N2O2. The van der Waals surface area contributed by atoms with Gasteiger partial charge in [-0.1, -0.05) is 6.07 Å². The molecule has 3 rings (SSSR count). The first-order valence-corrected chi connectivity index (χ1v) is 5.30. The van der Waals surface area contributed by atoms with Crippen molar-refractivity contribution in [2.24, 2.45) is 0 Å². The zero-order valence-electron chi connectivity index (χ0n) is 8.97. The summed E-state index contributed by atoms with van der Waals surface area (Å²) in [4.78, 5) is 18.0. The van der Waals surface area contributed by atoms with Gasteiger partial charge in [0.15, 0.2) is 0 Å². The van der Waals surface area contributed by atoms with E-state index >= 15 is 0 Å². The van der Waals surface area contributed by atoms with E-state index in [2.05, 4.69) is 9.97 Å². The van der Waals surface area contributed by atoms with Crippen molar-refractivity contribution in [3.05, 3.63) is 42.2 Å². The summed E-state index contributed by atoms with van der Waals surface area (Å²) < 4.78 is 0. The molecule has 0 aliphatic carbocycles. The molecule has 0 saturated heterocycles. The van der Waals surface area contributed by atoms with Gasteiger partial charge in [-0.05, 0) is 23.8 Å². The molecule has 0 spiro atoms. The van der Waals surface area contributed by atoms with Gasteiger partial charge >= 0.3 is 5.97 Å². The number of pyridine rings is 1. The topological polar surface area (TPSA) is 66.0 Å². The molecule has 4 heteroatoms. The first kappa shape index (κ1) is 9.84. The van der Waals surface area contributed by atoms with Crippen LogP contribution in [0.3, 0.4) is 0 Å². The fourth-order valence-electron chi connectivity index (χ4n) is 2.07. The summed E-state index contributed by atoms with van der Waals surface area (Å²) in [6, 6.07) is 7.56. The highest BCUT2D eigenvalue weighted by molar-refractivity contribution is 6.07. The number of benzene rings is 1. The van der Waals surface area contributed by atoms with Crippen LogP contribution in [0.5, 0.6) is 0 Å². The predicted octanol–water partition coefficient (Wildman–Crippen LogP) is 2.34. The van der Waals surface area contributed by atoms with Crippen molar-refractivity contribution in [1.82, 2.24) is 9.97 Å². The van der Waals surface area contributed by atoms with Crippen molar-refractivity contribution in [1.29, 1.82) is 0 Å². The maximum absolute atomic E-state index is 10.7. The van der Waals surface area contributed by atoms with E-state index in [1.54, 1.807) is 12.4 Å². The first-order valence-electron chi connectivity index (χ1n) is 5.30. The monoisotopic (exact) mass is 226 g/mol. The second-order valence-corrected chi connectivity index (χ2v) is 4.00. The van der Waals surface area contributed by atoms with Crippen molar-refractivity contribution in [2.75, 3.05) is 0 Å². The molecular weight excluding hydrogens is 216 g/mol. The molecule has 3 aromatic rings. The lowest BCUT2D eigenvalue weighted by Gasteiger charge is -1.97. The number of H-pyrrole nitrogens is 1. The lowest BCUT2D eigenvalue weighted by molar-refractivity contribution is -0.136. The highest BCUT2D eigenvalue weighted by Crippen LogP contribution is 2.25. The number of rotatable bonds is 2. The minimum atomic E-state index is -0.817. The molecule has 0 atom stereocenters. The number of aromatic amines is 1. The number of aromatic nitrogens is 2. The van der Waals surface area contributed by atoms with Crippen LogP contribution in [0.2, 0.25) is 0 Å².